The lowest BCUT2D eigenvalue weighted by molar-refractivity contribution is -0.137. The van der Waals surface area contributed by atoms with E-state index in [1.54, 1.807) is 6.07 Å². The van der Waals surface area contributed by atoms with Crippen molar-refractivity contribution in [1.29, 1.82) is 0 Å². The van der Waals surface area contributed by atoms with Crippen LogP contribution in [-0.4, -0.2) is 28.0 Å². The van der Waals surface area contributed by atoms with Crippen molar-refractivity contribution in [3.8, 4) is 11.3 Å². The first kappa shape index (κ1) is 18.5. The van der Waals surface area contributed by atoms with E-state index in [1.807, 2.05) is 67.6 Å². The minimum Gasteiger partial charge on any atom is -0.481 e. The van der Waals surface area contributed by atoms with Crippen molar-refractivity contribution >= 4 is 11.9 Å². The highest BCUT2D eigenvalue weighted by Crippen LogP contribution is 2.21. The quantitative estimate of drug-likeness (QED) is 0.598. The zero-order chi connectivity index (χ0) is 19.2. The Morgan fingerprint density at radius 1 is 1.04 bits per heavy atom. The van der Waals surface area contributed by atoms with Crippen molar-refractivity contribution in [2.75, 3.05) is 0 Å². The van der Waals surface area contributed by atoms with Crippen LogP contribution in [0.3, 0.4) is 0 Å². The highest BCUT2D eigenvalue weighted by atomic mass is 16.4. The second-order valence-corrected chi connectivity index (χ2v) is 6.55. The van der Waals surface area contributed by atoms with Crippen molar-refractivity contribution in [3.05, 3.63) is 83.6 Å². The minimum absolute atomic E-state index is 0.129. The molecule has 0 saturated heterocycles. The van der Waals surface area contributed by atoms with Crippen LogP contribution in [0.4, 0.5) is 0 Å². The van der Waals surface area contributed by atoms with E-state index in [0.29, 0.717) is 12.0 Å². The van der Waals surface area contributed by atoms with Crippen molar-refractivity contribution in [1.82, 2.24) is 10.3 Å². The number of carboxylic acid groups (broad SMARTS) is 1. The molecule has 0 spiro atoms. The SMILES string of the molecule is Cc1[nH]c(-c2ccccc2)cc1C(=O)NC(CC(=O)O)Cc1ccccc1. The number of aromatic amines is 1. The molecule has 5 heteroatoms. The van der Waals surface area contributed by atoms with Crippen LogP contribution in [0.5, 0.6) is 0 Å². The van der Waals surface area contributed by atoms with Gasteiger partial charge in [-0.1, -0.05) is 60.7 Å². The molecule has 27 heavy (non-hydrogen) atoms. The summed E-state index contributed by atoms with van der Waals surface area (Å²) in [6.45, 7) is 1.84. The Morgan fingerprint density at radius 3 is 2.30 bits per heavy atom. The van der Waals surface area contributed by atoms with Gasteiger partial charge in [-0.3, -0.25) is 9.59 Å². The molecule has 1 atom stereocenters. The summed E-state index contributed by atoms with van der Waals surface area (Å²) >= 11 is 0. The Bertz CT molecular complexity index is 917. The standard InChI is InChI=1S/C22H22N2O3/c1-15-19(14-20(23-15)17-10-6-3-7-11-17)22(27)24-18(13-21(25)26)12-16-8-4-2-5-9-16/h2-11,14,18,23H,12-13H2,1H3,(H,24,27)(H,25,26). The lowest BCUT2D eigenvalue weighted by Crippen LogP contribution is -2.38. The van der Waals surface area contributed by atoms with E-state index in [2.05, 4.69) is 10.3 Å². The molecule has 1 heterocycles. The third-order valence-electron chi connectivity index (χ3n) is 4.43. The Balaban J connectivity index is 1.77. The molecular weight excluding hydrogens is 340 g/mol. The van der Waals surface area contributed by atoms with E-state index in [1.165, 1.54) is 0 Å². The molecule has 3 N–H and O–H groups in total. The van der Waals surface area contributed by atoms with Gasteiger partial charge in [0.15, 0.2) is 0 Å². The van der Waals surface area contributed by atoms with Crippen molar-refractivity contribution in [2.24, 2.45) is 0 Å². The zero-order valence-corrected chi connectivity index (χ0v) is 15.1. The number of aryl methyl sites for hydroxylation is 1. The number of H-pyrrole nitrogens is 1. The number of rotatable bonds is 7. The number of hydrogen-bond donors (Lipinski definition) is 3. The van der Waals surface area contributed by atoms with Crippen LogP contribution < -0.4 is 5.32 Å². The molecule has 5 nitrogen and oxygen atoms in total. The highest BCUT2D eigenvalue weighted by Gasteiger charge is 2.20. The Labute approximate surface area is 158 Å². The molecule has 0 aliphatic carbocycles. The summed E-state index contributed by atoms with van der Waals surface area (Å²) < 4.78 is 0. The van der Waals surface area contributed by atoms with Crippen molar-refractivity contribution in [2.45, 2.75) is 25.8 Å². The van der Waals surface area contributed by atoms with E-state index in [0.717, 1.165) is 22.5 Å². The number of nitrogens with one attached hydrogen (secondary N) is 2. The lowest BCUT2D eigenvalue weighted by Gasteiger charge is -2.17. The summed E-state index contributed by atoms with van der Waals surface area (Å²) in [5.74, 6) is -1.21. The topological polar surface area (TPSA) is 82.2 Å². The van der Waals surface area contributed by atoms with Gasteiger partial charge < -0.3 is 15.4 Å². The summed E-state index contributed by atoms with van der Waals surface area (Å²) in [4.78, 5) is 27.2. The third kappa shape index (κ3) is 4.85. The second kappa shape index (κ2) is 8.36. The zero-order valence-electron chi connectivity index (χ0n) is 15.1. The van der Waals surface area contributed by atoms with Crippen molar-refractivity contribution < 1.29 is 14.7 Å². The maximum atomic E-state index is 12.8. The van der Waals surface area contributed by atoms with Crippen LogP contribution in [0.2, 0.25) is 0 Å². The molecule has 0 fully saturated rings. The number of aliphatic carboxylic acids is 1. The molecule has 0 aliphatic rings. The van der Waals surface area contributed by atoms with Crippen LogP contribution >= 0.6 is 0 Å². The van der Waals surface area contributed by atoms with Gasteiger partial charge in [-0.2, -0.15) is 0 Å². The van der Waals surface area contributed by atoms with Crippen LogP contribution in [0.25, 0.3) is 11.3 Å². The van der Waals surface area contributed by atoms with Gasteiger partial charge >= 0.3 is 5.97 Å². The fourth-order valence-electron chi connectivity index (χ4n) is 3.11. The monoisotopic (exact) mass is 362 g/mol. The third-order valence-corrected chi connectivity index (χ3v) is 4.43. The van der Waals surface area contributed by atoms with Gasteiger partial charge in [-0.15, -0.1) is 0 Å². The fourth-order valence-corrected chi connectivity index (χ4v) is 3.11. The van der Waals surface area contributed by atoms with E-state index >= 15 is 0 Å². The number of amides is 1. The Hall–Kier alpha value is -3.34. The smallest absolute Gasteiger partial charge is 0.305 e. The summed E-state index contributed by atoms with van der Waals surface area (Å²) in [6, 6.07) is 20.6. The van der Waals surface area contributed by atoms with Gasteiger partial charge in [0.2, 0.25) is 0 Å². The Morgan fingerprint density at radius 2 is 1.67 bits per heavy atom. The summed E-state index contributed by atoms with van der Waals surface area (Å²) in [5, 5.41) is 12.1. The normalized spacial score (nSPS) is 11.7. The molecule has 3 aromatic rings. The van der Waals surface area contributed by atoms with Gasteiger partial charge in [0, 0.05) is 17.4 Å². The first-order valence-electron chi connectivity index (χ1n) is 8.84. The predicted molar refractivity (Wildman–Crippen MR) is 105 cm³/mol. The van der Waals surface area contributed by atoms with Crippen molar-refractivity contribution in [3.63, 3.8) is 0 Å². The van der Waals surface area contributed by atoms with Gasteiger partial charge in [0.05, 0.1) is 12.0 Å². The van der Waals surface area contributed by atoms with Gasteiger partial charge in [0.25, 0.3) is 5.91 Å². The largest absolute Gasteiger partial charge is 0.481 e. The molecule has 0 aliphatic heterocycles. The molecule has 2 aromatic carbocycles. The lowest BCUT2D eigenvalue weighted by atomic mass is 10.0. The van der Waals surface area contributed by atoms with Crippen LogP contribution in [0.1, 0.15) is 28.0 Å². The number of aromatic nitrogens is 1. The molecular formula is C22H22N2O3. The predicted octanol–water partition coefficient (Wildman–Crippen LogP) is 3.81. The van der Waals surface area contributed by atoms with E-state index in [9.17, 15) is 14.7 Å². The van der Waals surface area contributed by atoms with Gasteiger partial charge in [0.1, 0.15) is 0 Å². The van der Waals surface area contributed by atoms with E-state index < -0.39 is 12.0 Å². The maximum absolute atomic E-state index is 12.8. The molecule has 1 unspecified atom stereocenters. The molecule has 138 valence electrons. The summed E-state index contributed by atoms with van der Waals surface area (Å²) in [7, 11) is 0. The van der Waals surface area contributed by atoms with Gasteiger partial charge in [-0.25, -0.2) is 0 Å². The van der Waals surface area contributed by atoms with E-state index in [4.69, 9.17) is 0 Å². The average Bonchev–Trinajstić information content (AvgIpc) is 3.04. The number of hydrogen-bond acceptors (Lipinski definition) is 2. The number of carbonyl (C=O) groups excluding carboxylic acids is 1. The minimum atomic E-state index is -0.938. The molecule has 0 bridgehead atoms. The first-order chi connectivity index (χ1) is 13.0. The van der Waals surface area contributed by atoms with Crippen LogP contribution in [-0.2, 0) is 11.2 Å². The second-order valence-electron chi connectivity index (χ2n) is 6.55. The molecule has 0 saturated carbocycles. The summed E-state index contributed by atoms with van der Waals surface area (Å²) in [5.41, 5.74) is 4.11. The Kier molecular flexibility index (Phi) is 5.71. The summed E-state index contributed by atoms with van der Waals surface area (Å²) in [6.07, 6.45) is 0.337. The molecule has 0 radical (unpaired) electrons. The highest BCUT2D eigenvalue weighted by molar-refractivity contribution is 5.97. The number of carboxylic acids is 1. The fraction of sp³-hybridized carbons (Fsp3) is 0.182. The van der Waals surface area contributed by atoms with Crippen LogP contribution in [0, 0.1) is 6.92 Å². The van der Waals surface area contributed by atoms with Crippen LogP contribution in [0.15, 0.2) is 66.7 Å². The number of benzene rings is 2. The maximum Gasteiger partial charge on any atom is 0.305 e. The number of carbonyl (C=O) groups is 2. The van der Waals surface area contributed by atoms with Gasteiger partial charge in [-0.05, 0) is 30.5 Å². The molecule has 1 amide bonds. The molecule has 1 aromatic heterocycles. The average molecular weight is 362 g/mol. The molecule has 3 rings (SSSR count). The van der Waals surface area contributed by atoms with E-state index in [-0.39, 0.29) is 12.3 Å². The first-order valence-corrected chi connectivity index (χ1v) is 8.84.